The van der Waals surface area contributed by atoms with E-state index in [4.69, 9.17) is 9.47 Å². The fraction of sp³-hybridized carbons (Fsp3) is 0.214. The fourth-order valence-corrected chi connectivity index (χ4v) is 2.10. The van der Waals surface area contributed by atoms with E-state index in [9.17, 15) is 4.79 Å². The van der Waals surface area contributed by atoms with Crippen LogP contribution in [0.3, 0.4) is 0 Å². The van der Waals surface area contributed by atoms with Crippen molar-refractivity contribution >= 4 is 6.29 Å². The zero-order valence-electron chi connectivity index (χ0n) is 9.83. The van der Waals surface area contributed by atoms with E-state index in [0.29, 0.717) is 37.0 Å². The first kappa shape index (κ1) is 10.9. The maximum absolute atomic E-state index is 11.2. The Hall–Kier alpha value is -2.23. The molecule has 3 rings (SSSR count). The van der Waals surface area contributed by atoms with E-state index in [2.05, 4.69) is 0 Å². The van der Waals surface area contributed by atoms with Crippen LogP contribution < -0.4 is 9.47 Å². The second-order valence-corrected chi connectivity index (χ2v) is 4.14. The lowest BCUT2D eigenvalue weighted by molar-refractivity contribution is 0.110. The molecule has 4 nitrogen and oxygen atoms in total. The largest absolute Gasteiger partial charge is 0.485 e. The minimum Gasteiger partial charge on any atom is -0.485 e. The Morgan fingerprint density at radius 1 is 1.17 bits per heavy atom. The second kappa shape index (κ2) is 4.56. The van der Waals surface area contributed by atoms with Crippen molar-refractivity contribution in [2.75, 3.05) is 13.2 Å². The van der Waals surface area contributed by atoms with Gasteiger partial charge in [0.25, 0.3) is 0 Å². The number of carbonyl (C=O) groups is 1. The van der Waals surface area contributed by atoms with Crippen LogP contribution in [0.2, 0.25) is 0 Å². The number of nitrogens with zero attached hydrogens (tertiary/aromatic N) is 1. The van der Waals surface area contributed by atoms with Gasteiger partial charge in [-0.25, -0.2) is 0 Å². The van der Waals surface area contributed by atoms with Gasteiger partial charge in [0.1, 0.15) is 18.9 Å². The van der Waals surface area contributed by atoms with E-state index in [1.54, 1.807) is 0 Å². The monoisotopic (exact) mass is 243 g/mol. The Labute approximate surface area is 105 Å². The highest BCUT2D eigenvalue weighted by Gasteiger charge is 2.21. The van der Waals surface area contributed by atoms with Gasteiger partial charge in [-0.05, 0) is 5.56 Å². The van der Waals surface area contributed by atoms with Crippen LogP contribution >= 0.6 is 0 Å². The Morgan fingerprint density at radius 2 is 1.94 bits per heavy atom. The lowest BCUT2D eigenvalue weighted by Gasteiger charge is -2.14. The Kier molecular flexibility index (Phi) is 2.76. The lowest BCUT2D eigenvalue weighted by Crippen LogP contribution is -2.14. The molecule has 2 aromatic rings. The molecule has 1 aromatic carbocycles. The molecule has 0 N–H and O–H groups in total. The number of hydrogen-bond donors (Lipinski definition) is 0. The maximum Gasteiger partial charge on any atom is 0.189 e. The fourth-order valence-electron chi connectivity index (χ4n) is 2.10. The Morgan fingerprint density at radius 3 is 2.72 bits per heavy atom. The van der Waals surface area contributed by atoms with Gasteiger partial charge in [-0.15, -0.1) is 0 Å². The molecule has 0 fully saturated rings. The maximum atomic E-state index is 11.2. The van der Waals surface area contributed by atoms with Crippen molar-refractivity contribution in [2.24, 2.45) is 0 Å². The normalized spacial score (nSPS) is 13.3. The topological polar surface area (TPSA) is 40.5 Å². The Balaban J connectivity index is 1.97. The van der Waals surface area contributed by atoms with Crippen LogP contribution in [0.4, 0.5) is 0 Å². The molecule has 0 unspecified atom stereocenters. The van der Waals surface area contributed by atoms with Crippen molar-refractivity contribution in [3.8, 4) is 11.5 Å². The quantitative estimate of drug-likeness (QED) is 0.775. The summed E-state index contributed by atoms with van der Waals surface area (Å²) in [5.41, 5.74) is 1.67. The number of rotatable bonds is 3. The molecule has 0 spiro atoms. The van der Waals surface area contributed by atoms with Crippen LogP contribution in [-0.2, 0) is 6.54 Å². The van der Waals surface area contributed by atoms with Gasteiger partial charge in [-0.2, -0.15) is 0 Å². The number of aromatic nitrogens is 1. The molecule has 2 heterocycles. The van der Waals surface area contributed by atoms with Crippen molar-refractivity contribution in [2.45, 2.75) is 6.54 Å². The van der Waals surface area contributed by atoms with Gasteiger partial charge in [0, 0.05) is 6.54 Å². The molecule has 1 aliphatic rings. The molecule has 1 aliphatic heterocycles. The predicted molar refractivity (Wildman–Crippen MR) is 66.4 cm³/mol. The third-order valence-electron chi connectivity index (χ3n) is 2.93. The number of fused-ring (bicyclic) bond motifs is 1. The van der Waals surface area contributed by atoms with Crippen LogP contribution in [0, 0.1) is 0 Å². The van der Waals surface area contributed by atoms with E-state index < -0.39 is 0 Å². The predicted octanol–water partition coefficient (Wildman–Crippen LogP) is 2.12. The summed E-state index contributed by atoms with van der Waals surface area (Å²) in [6, 6.07) is 9.97. The van der Waals surface area contributed by atoms with E-state index in [1.807, 2.05) is 41.1 Å². The van der Waals surface area contributed by atoms with Crippen molar-refractivity contribution in [1.29, 1.82) is 0 Å². The molecule has 4 heteroatoms. The standard InChI is InChI=1S/C14H13NO3/c16-10-12-14-13(17-6-7-18-14)9-15(12)8-11-4-2-1-3-5-11/h1-5,9-10H,6-8H2. The molecule has 0 saturated heterocycles. The summed E-state index contributed by atoms with van der Waals surface area (Å²) in [5.74, 6) is 1.21. The number of hydrogen-bond acceptors (Lipinski definition) is 3. The van der Waals surface area contributed by atoms with E-state index in [1.165, 1.54) is 0 Å². The van der Waals surface area contributed by atoms with Crippen molar-refractivity contribution in [1.82, 2.24) is 4.57 Å². The molecule has 0 bridgehead atoms. The first-order valence-electron chi connectivity index (χ1n) is 5.86. The van der Waals surface area contributed by atoms with Crippen LogP contribution in [0.1, 0.15) is 16.1 Å². The van der Waals surface area contributed by atoms with Gasteiger partial charge >= 0.3 is 0 Å². The molecule has 18 heavy (non-hydrogen) atoms. The van der Waals surface area contributed by atoms with Crippen LogP contribution in [0.15, 0.2) is 36.5 Å². The van der Waals surface area contributed by atoms with Crippen molar-refractivity contribution in [3.63, 3.8) is 0 Å². The second-order valence-electron chi connectivity index (χ2n) is 4.14. The zero-order valence-corrected chi connectivity index (χ0v) is 9.83. The average molecular weight is 243 g/mol. The van der Waals surface area contributed by atoms with Crippen LogP contribution in [-0.4, -0.2) is 24.1 Å². The summed E-state index contributed by atoms with van der Waals surface area (Å²) in [5, 5.41) is 0. The van der Waals surface area contributed by atoms with Gasteiger partial charge < -0.3 is 14.0 Å². The highest BCUT2D eigenvalue weighted by Crippen LogP contribution is 2.35. The summed E-state index contributed by atoms with van der Waals surface area (Å²) in [6.07, 6.45) is 2.64. The smallest absolute Gasteiger partial charge is 0.189 e. The number of ether oxygens (including phenoxy) is 2. The molecule has 0 atom stereocenters. The van der Waals surface area contributed by atoms with Crippen LogP contribution in [0.5, 0.6) is 11.5 Å². The third kappa shape index (κ3) is 1.86. The minimum atomic E-state index is 0.489. The van der Waals surface area contributed by atoms with Gasteiger partial charge in [0.2, 0.25) is 0 Å². The highest BCUT2D eigenvalue weighted by molar-refractivity contribution is 5.79. The molecule has 0 amide bonds. The zero-order chi connectivity index (χ0) is 12.4. The number of carbonyl (C=O) groups excluding carboxylic acids is 1. The SMILES string of the molecule is O=Cc1c2c(cn1Cc1ccccc1)OCCO2. The third-order valence-corrected chi connectivity index (χ3v) is 2.93. The molecule has 0 aliphatic carbocycles. The molecule has 0 radical (unpaired) electrons. The summed E-state index contributed by atoms with van der Waals surface area (Å²) in [6.45, 7) is 1.65. The Bertz CT molecular complexity index is 560. The van der Waals surface area contributed by atoms with Gasteiger partial charge in [0.05, 0.1) is 6.20 Å². The lowest BCUT2D eigenvalue weighted by atomic mass is 10.2. The molecular formula is C14H13NO3. The molecule has 0 saturated carbocycles. The number of aldehydes is 1. The van der Waals surface area contributed by atoms with Crippen molar-refractivity contribution < 1.29 is 14.3 Å². The highest BCUT2D eigenvalue weighted by atomic mass is 16.6. The van der Waals surface area contributed by atoms with Gasteiger partial charge in [-0.3, -0.25) is 4.79 Å². The van der Waals surface area contributed by atoms with Gasteiger partial charge in [-0.1, -0.05) is 30.3 Å². The minimum absolute atomic E-state index is 0.489. The molecular weight excluding hydrogens is 230 g/mol. The number of benzene rings is 1. The van der Waals surface area contributed by atoms with E-state index >= 15 is 0 Å². The average Bonchev–Trinajstić information content (AvgIpc) is 2.77. The first-order chi connectivity index (χ1) is 8.88. The van der Waals surface area contributed by atoms with Gasteiger partial charge in [0.15, 0.2) is 17.8 Å². The molecule has 92 valence electrons. The first-order valence-corrected chi connectivity index (χ1v) is 5.86. The summed E-state index contributed by atoms with van der Waals surface area (Å²) in [4.78, 5) is 11.2. The van der Waals surface area contributed by atoms with Crippen LogP contribution in [0.25, 0.3) is 0 Å². The summed E-state index contributed by atoms with van der Waals surface area (Å²) < 4.78 is 12.8. The van der Waals surface area contributed by atoms with E-state index in [-0.39, 0.29) is 0 Å². The summed E-state index contributed by atoms with van der Waals surface area (Å²) in [7, 11) is 0. The molecule has 1 aromatic heterocycles. The summed E-state index contributed by atoms with van der Waals surface area (Å²) >= 11 is 0. The van der Waals surface area contributed by atoms with E-state index in [0.717, 1.165) is 11.8 Å². The van der Waals surface area contributed by atoms with Crippen molar-refractivity contribution in [3.05, 3.63) is 47.8 Å².